The highest BCUT2D eigenvalue weighted by Crippen LogP contribution is 2.46. The van der Waals surface area contributed by atoms with E-state index in [0.29, 0.717) is 6.04 Å². The number of hydrogen-bond donors (Lipinski definition) is 0. The van der Waals surface area contributed by atoms with Gasteiger partial charge in [0.1, 0.15) is 0 Å². The summed E-state index contributed by atoms with van der Waals surface area (Å²) in [6.07, 6.45) is 0. The fourth-order valence-electron chi connectivity index (χ4n) is 2.65. The molecule has 3 aromatic carbocycles. The maximum absolute atomic E-state index is 8.12. The van der Waals surface area contributed by atoms with Crippen LogP contribution in [-0.4, -0.2) is 0 Å². The van der Waals surface area contributed by atoms with E-state index in [9.17, 15) is 0 Å². The van der Waals surface area contributed by atoms with E-state index in [1.165, 1.54) is 27.5 Å². The van der Waals surface area contributed by atoms with Crippen molar-refractivity contribution in [2.24, 2.45) is 0 Å². The molecule has 0 saturated heterocycles. The first-order valence-corrected chi connectivity index (χ1v) is 5.48. The van der Waals surface area contributed by atoms with Crippen LogP contribution in [0, 0.1) is 0 Å². The molecule has 0 amide bonds. The molecule has 1 aliphatic rings. The highest BCUT2D eigenvalue weighted by atomic mass is 14.2. The zero-order chi connectivity index (χ0) is 11.4. The van der Waals surface area contributed by atoms with Crippen molar-refractivity contribution in [2.75, 3.05) is 0 Å². The number of rotatable bonds is 0. The molecular formula is C16H10. The van der Waals surface area contributed by atoms with Gasteiger partial charge in [-0.05, 0) is 33.0 Å². The van der Waals surface area contributed by atoms with Gasteiger partial charge >= 0.3 is 0 Å². The highest BCUT2D eigenvalue weighted by Gasteiger charge is 2.19. The quantitative estimate of drug-likeness (QED) is 0.395. The lowest BCUT2D eigenvalue weighted by molar-refractivity contribution is 1.70. The minimum Gasteiger partial charge on any atom is -0.0616 e. The van der Waals surface area contributed by atoms with Crippen molar-refractivity contribution in [3.63, 3.8) is 0 Å². The normalized spacial score (nSPS) is 12.6. The molecule has 0 N–H and O–H groups in total. The predicted molar refractivity (Wildman–Crippen MR) is 68.4 cm³/mol. The Balaban J connectivity index is 2.33. The van der Waals surface area contributed by atoms with E-state index in [-0.39, 0.29) is 0 Å². The van der Waals surface area contributed by atoms with E-state index in [4.69, 9.17) is 1.37 Å². The Morgan fingerprint density at radius 1 is 0.625 bits per heavy atom. The molecule has 0 heteroatoms. The molecular weight excluding hydrogens is 192 g/mol. The molecule has 16 heavy (non-hydrogen) atoms. The zero-order valence-corrected chi connectivity index (χ0v) is 8.70. The lowest BCUT2D eigenvalue weighted by atomic mass is 10.0. The number of benzene rings is 3. The zero-order valence-electron chi connectivity index (χ0n) is 9.70. The van der Waals surface area contributed by atoms with Gasteiger partial charge < -0.3 is 0 Å². The van der Waals surface area contributed by atoms with Crippen LogP contribution < -0.4 is 0 Å². The van der Waals surface area contributed by atoms with Gasteiger partial charge in [0.15, 0.2) is 0 Å². The van der Waals surface area contributed by atoms with Crippen LogP contribution in [0.25, 0.3) is 33.0 Å². The van der Waals surface area contributed by atoms with Gasteiger partial charge in [0.25, 0.3) is 0 Å². The smallest absolute Gasteiger partial charge is 0.0616 e. The number of fused-ring (bicyclic) bond motifs is 3. The molecule has 74 valence electrons. The summed E-state index contributed by atoms with van der Waals surface area (Å²) in [7, 11) is 0. The van der Waals surface area contributed by atoms with Gasteiger partial charge in [-0.3, -0.25) is 0 Å². The van der Waals surface area contributed by atoms with E-state index in [1.807, 2.05) is 18.2 Å². The molecule has 3 aromatic rings. The molecule has 4 rings (SSSR count). The monoisotopic (exact) mass is 203 g/mol. The standard InChI is InChI=1S/C16H10/c1-2-8-13-12(7-1)14-9-3-5-11-6-4-10-15(13)16(11)14/h1-10H/i9D. The Morgan fingerprint density at radius 2 is 1.31 bits per heavy atom. The van der Waals surface area contributed by atoms with Gasteiger partial charge in [-0.2, -0.15) is 0 Å². The van der Waals surface area contributed by atoms with E-state index in [2.05, 4.69) is 36.4 Å². The summed E-state index contributed by atoms with van der Waals surface area (Å²) in [5.41, 5.74) is 4.81. The van der Waals surface area contributed by atoms with Crippen molar-refractivity contribution in [3.8, 4) is 22.3 Å². The summed E-state index contributed by atoms with van der Waals surface area (Å²) in [6, 6.07) is 19.3. The third-order valence-corrected chi connectivity index (χ3v) is 3.32. The van der Waals surface area contributed by atoms with E-state index in [0.717, 1.165) is 5.56 Å². The highest BCUT2D eigenvalue weighted by molar-refractivity contribution is 6.15. The molecule has 0 unspecified atom stereocenters. The Hall–Kier alpha value is -2.08. The van der Waals surface area contributed by atoms with Crippen molar-refractivity contribution in [3.05, 3.63) is 60.6 Å². The summed E-state index contributed by atoms with van der Waals surface area (Å²) in [5, 5.41) is 2.46. The first-order chi connectivity index (χ1) is 8.36. The SMILES string of the molecule is [2H]c1ccc2cccc3c2c1-c1ccccc1-3. The van der Waals surface area contributed by atoms with Gasteiger partial charge in [0.2, 0.25) is 0 Å². The summed E-state index contributed by atoms with van der Waals surface area (Å²) in [4.78, 5) is 0. The van der Waals surface area contributed by atoms with Gasteiger partial charge in [0, 0.05) is 0 Å². The molecule has 0 aliphatic heterocycles. The minimum absolute atomic E-state index is 0.620. The lowest BCUT2D eigenvalue weighted by Crippen LogP contribution is -1.73. The van der Waals surface area contributed by atoms with Gasteiger partial charge in [-0.1, -0.05) is 60.6 Å². The average Bonchev–Trinajstić information content (AvgIpc) is 2.71. The molecule has 1 aliphatic carbocycles. The maximum Gasteiger partial charge on any atom is 0.0629 e. The van der Waals surface area contributed by atoms with Crippen molar-refractivity contribution in [1.82, 2.24) is 0 Å². The van der Waals surface area contributed by atoms with Crippen LogP contribution in [0.1, 0.15) is 1.37 Å². The second kappa shape index (κ2) is 2.73. The Morgan fingerprint density at radius 3 is 2.19 bits per heavy atom. The molecule has 0 fully saturated rings. The molecule has 0 heterocycles. The Bertz CT molecular complexity index is 757. The van der Waals surface area contributed by atoms with Crippen LogP contribution in [0.2, 0.25) is 0 Å². The van der Waals surface area contributed by atoms with Crippen LogP contribution in [0.5, 0.6) is 0 Å². The van der Waals surface area contributed by atoms with E-state index >= 15 is 0 Å². The second-order valence-corrected chi connectivity index (χ2v) is 4.17. The largest absolute Gasteiger partial charge is 0.0629 e. The molecule has 0 atom stereocenters. The van der Waals surface area contributed by atoms with Gasteiger partial charge in [-0.25, -0.2) is 0 Å². The van der Waals surface area contributed by atoms with Crippen LogP contribution >= 0.6 is 0 Å². The summed E-state index contributed by atoms with van der Waals surface area (Å²) >= 11 is 0. The van der Waals surface area contributed by atoms with Crippen molar-refractivity contribution >= 4 is 10.8 Å². The molecule has 0 bridgehead atoms. The summed E-state index contributed by atoms with van der Waals surface area (Å²) < 4.78 is 8.12. The van der Waals surface area contributed by atoms with Gasteiger partial charge in [-0.15, -0.1) is 0 Å². The number of hydrogen-bond acceptors (Lipinski definition) is 0. The molecule has 0 spiro atoms. The first-order valence-electron chi connectivity index (χ1n) is 5.98. The Kier molecular flexibility index (Phi) is 1.24. The fraction of sp³-hybridized carbons (Fsp3) is 0. The predicted octanol–water partition coefficient (Wildman–Crippen LogP) is 4.49. The van der Waals surface area contributed by atoms with Gasteiger partial charge in [0.05, 0.1) is 1.37 Å². The van der Waals surface area contributed by atoms with Crippen LogP contribution in [0.3, 0.4) is 0 Å². The third-order valence-electron chi connectivity index (χ3n) is 3.32. The fourth-order valence-corrected chi connectivity index (χ4v) is 2.65. The first kappa shape index (κ1) is 7.24. The molecule has 0 nitrogen and oxygen atoms in total. The average molecular weight is 203 g/mol. The molecule has 0 saturated carbocycles. The van der Waals surface area contributed by atoms with Crippen molar-refractivity contribution in [2.45, 2.75) is 0 Å². The van der Waals surface area contributed by atoms with Crippen molar-refractivity contribution in [1.29, 1.82) is 0 Å². The molecule has 0 aromatic heterocycles. The summed E-state index contributed by atoms with van der Waals surface area (Å²) in [6.45, 7) is 0. The molecule has 0 radical (unpaired) electrons. The summed E-state index contributed by atoms with van der Waals surface area (Å²) in [5.74, 6) is 0. The maximum atomic E-state index is 8.12. The lowest BCUT2D eigenvalue weighted by Gasteiger charge is -2.00. The third kappa shape index (κ3) is 0.849. The van der Waals surface area contributed by atoms with E-state index in [1.54, 1.807) is 0 Å². The minimum atomic E-state index is 0.620. The van der Waals surface area contributed by atoms with Crippen LogP contribution in [0.15, 0.2) is 60.6 Å². The Labute approximate surface area is 95.6 Å². The topological polar surface area (TPSA) is 0 Å². The van der Waals surface area contributed by atoms with E-state index < -0.39 is 0 Å². The van der Waals surface area contributed by atoms with Crippen LogP contribution in [0.4, 0.5) is 0 Å². The van der Waals surface area contributed by atoms with Crippen molar-refractivity contribution < 1.29 is 1.37 Å². The second-order valence-electron chi connectivity index (χ2n) is 4.17. The van der Waals surface area contributed by atoms with Crippen LogP contribution in [-0.2, 0) is 0 Å².